The van der Waals surface area contributed by atoms with Crippen LogP contribution in [-0.2, 0) is 6.54 Å². The summed E-state index contributed by atoms with van der Waals surface area (Å²) in [5, 5.41) is 9.38. The van der Waals surface area contributed by atoms with E-state index in [4.69, 9.17) is 9.97 Å². The number of benzene rings is 1. The van der Waals surface area contributed by atoms with Crippen molar-refractivity contribution >= 4 is 39.1 Å². The Bertz CT molecular complexity index is 1340. The molecule has 5 heterocycles. The van der Waals surface area contributed by atoms with Gasteiger partial charge in [-0.15, -0.1) is 16.4 Å². The SMILES string of the molecule is c1ccc(-c2csc3nc(CN4CCCCC4)nc(Sc4nc5ncccn5n4)c23)cc1. The van der Waals surface area contributed by atoms with Gasteiger partial charge in [0, 0.05) is 23.3 Å². The highest BCUT2D eigenvalue weighted by molar-refractivity contribution is 7.99. The first-order valence-electron chi connectivity index (χ1n) is 10.7. The summed E-state index contributed by atoms with van der Waals surface area (Å²) in [6.07, 6.45) is 7.40. The molecule has 6 rings (SSSR count). The van der Waals surface area contributed by atoms with Crippen LogP contribution < -0.4 is 0 Å². The Hall–Kier alpha value is -2.88. The predicted octanol–water partition coefficient (Wildman–Crippen LogP) is 4.93. The van der Waals surface area contributed by atoms with E-state index in [1.54, 1.807) is 22.0 Å². The molecule has 1 aliphatic heterocycles. The molecular formula is C23H21N7S2. The summed E-state index contributed by atoms with van der Waals surface area (Å²) in [6, 6.07) is 12.3. The summed E-state index contributed by atoms with van der Waals surface area (Å²) in [4.78, 5) is 22.3. The maximum absolute atomic E-state index is 5.03. The van der Waals surface area contributed by atoms with Gasteiger partial charge in [-0.3, -0.25) is 4.90 Å². The van der Waals surface area contributed by atoms with Crippen LogP contribution in [0.5, 0.6) is 0 Å². The van der Waals surface area contributed by atoms with Gasteiger partial charge < -0.3 is 0 Å². The van der Waals surface area contributed by atoms with Gasteiger partial charge in [0.15, 0.2) is 0 Å². The molecule has 0 unspecified atom stereocenters. The highest BCUT2D eigenvalue weighted by Crippen LogP contribution is 2.40. The van der Waals surface area contributed by atoms with Crippen LogP contribution >= 0.6 is 23.1 Å². The van der Waals surface area contributed by atoms with Crippen molar-refractivity contribution in [1.82, 2.24) is 34.4 Å². The molecule has 0 aliphatic carbocycles. The first-order valence-corrected chi connectivity index (χ1v) is 12.4. The number of piperidine rings is 1. The Labute approximate surface area is 193 Å². The fourth-order valence-electron chi connectivity index (χ4n) is 4.09. The van der Waals surface area contributed by atoms with Crippen molar-refractivity contribution in [3.8, 4) is 11.1 Å². The maximum atomic E-state index is 5.03. The summed E-state index contributed by atoms with van der Waals surface area (Å²) in [5.41, 5.74) is 2.32. The third-order valence-corrected chi connectivity index (χ3v) is 7.35. The molecular weight excluding hydrogens is 438 g/mol. The summed E-state index contributed by atoms with van der Waals surface area (Å²) >= 11 is 3.16. The number of hydrogen-bond acceptors (Lipinski definition) is 8. The van der Waals surface area contributed by atoms with Crippen molar-refractivity contribution in [3.05, 3.63) is 60.0 Å². The number of rotatable bonds is 5. The average Bonchev–Trinajstić information content (AvgIpc) is 3.44. The zero-order valence-electron chi connectivity index (χ0n) is 17.4. The zero-order valence-corrected chi connectivity index (χ0v) is 19.0. The largest absolute Gasteiger partial charge is 0.296 e. The zero-order chi connectivity index (χ0) is 21.3. The molecule has 5 aromatic rings. The van der Waals surface area contributed by atoms with Crippen molar-refractivity contribution < 1.29 is 0 Å². The smallest absolute Gasteiger partial charge is 0.253 e. The van der Waals surface area contributed by atoms with Gasteiger partial charge in [0.25, 0.3) is 5.78 Å². The standard InChI is InChI=1S/C23H21N7S2/c1-3-8-16(9-4-1)17-15-31-20-19(17)21(26-18(25-20)14-29-11-5-2-6-12-29)32-23-27-22-24-10-7-13-30(22)28-23/h1,3-4,7-10,13,15H,2,5-6,11-12,14H2. The summed E-state index contributed by atoms with van der Waals surface area (Å²) in [5.74, 6) is 1.45. The molecule has 0 bridgehead atoms. The molecule has 0 spiro atoms. The molecule has 1 aliphatic rings. The van der Waals surface area contributed by atoms with Crippen LogP contribution in [0.3, 0.4) is 0 Å². The van der Waals surface area contributed by atoms with Crippen molar-refractivity contribution in [2.75, 3.05) is 13.1 Å². The second kappa shape index (κ2) is 8.57. The third-order valence-electron chi connectivity index (χ3n) is 5.63. The Kier molecular flexibility index (Phi) is 5.30. The van der Waals surface area contributed by atoms with Crippen LogP contribution in [0.2, 0.25) is 0 Å². The lowest BCUT2D eigenvalue weighted by Crippen LogP contribution is -2.29. The molecule has 32 heavy (non-hydrogen) atoms. The second-order valence-corrected chi connectivity index (χ2v) is 9.65. The van der Waals surface area contributed by atoms with Crippen molar-refractivity contribution in [1.29, 1.82) is 0 Å². The van der Waals surface area contributed by atoms with Gasteiger partial charge in [-0.05, 0) is 49.3 Å². The van der Waals surface area contributed by atoms with Gasteiger partial charge in [0.2, 0.25) is 5.16 Å². The van der Waals surface area contributed by atoms with Gasteiger partial charge >= 0.3 is 0 Å². The van der Waals surface area contributed by atoms with E-state index in [0.717, 1.165) is 51.8 Å². The fraction of sp³-hybridized carbons (Fsp3) is 0.261. The molecule has 1 fully saturated rings. The number of thiophene rings is 1. The van der Waals surface area contributed by atoms with Crippen molar-refractivity contribution in [2.24, 2.45) is 0 Å². The van der Waals surface area contributed by atoms with E-state index >= 15 is 0 Å². The average molecular weight is 460 g/mol. The molecule has 1 saturated heterocycles. The lowest BCUT2D eigenvalue weighted by Gasteiger charge is -2.25. The number of hydrogen-bond donors (Lipinski definition) is 0. The summed E-state index contributed by atoms with van der Waals surface area (Å²) < 4.78 is 1.70. The number of likely N-dealkylation sites (tertiary alicyclic amines) is 1. The van der Waals surface area contributed by atoms with Crippen LogP contribution in [0.1, 0.15) is 25.1 Å². The van der Waals surface area contributed by atoms with Crippen LogP contribution in [0, 0.1) is 0 Å². The first kappa shape index (κ1) is 19.8. The lowest BCUT2D eigenvalue weighted by atomic mass is 10.1. The minimum Gasteiger partial charge on any atom is -0.296 e. The van der Waals surface area contributed by atoms with E-state index < -0.39 is 0 Å². The third kappa shape index (κ3) is 3.87. The first-order chi connectivity index (χ1) is 15.8. The van der Waals surface area contributed by atoms with E-state index in [2.05, 4.69) is 49.6 Å². The lowest BCUT2D eigenvalue weighted by molar-refractivity contribution is 0.216. The highest BCUT2D eigenvalue weighted by atomic mass is 32.2. The van der Waals surface area contributed by atoms with Gasteiger partial charge in [-0.2, -0.15) is 4.98 Å². The minimum absolute atomic E-state index is 0.586. The maximum Gasteiger partial charge on any atom is 0.253 e. The molecule has 7 nitrogen and oxygen atoms in total. The Balaban J connectivity index is 1.45. The van der Waals surface area contributed by atoms with E-state index in [-0.39, 0.29) is 0 Å². The molecule has 0 amide bonds. The quantitative estimate of drug-likeness (QED) is 0.345. The van der Waals surface area contributed by atoms with E-state index in [9.17, 15) is 0 Å². The van der Waals surface area contributed by atoms with Crippen LogP contribution in [0.4, 0.5) is 0 Å². The van der Waals surface area contributed by atoms with Gasteiger partial charge in [-0.25, -0.2) is 19.5 Å². The van der Waals surface area contributed by atoms with Crippen molar-refractivity contribution in [3.63, 3.8) is 0 Å². The molecule has 1 aromatic carbocycles. The Morgan fingerprint density at radius 1 is 0.969 bits per heavy atom. The molecule has 0 atom stereocenters. The highest BCUT2D eigenvalue weighted by Gasteiger charge is 2.20. The van der Waals surface area contributed by atoms with Crippen molar-refractivity contribution in [2.45, 2.75) is 36.0 Å². The summed E-state index contributed by atoms with van der Waals surface area (Å²) in [6.45, 7) is 3.01. The number of nitrogens with zero attached hydrogens (tertiary/aromatic N) is 7. The number of fused-ring (bicyclic) bond motifs is 2. The van der Waals surface area contributed by atoms with E-state index in [1.807, 2.05) is 18.3 Å². The van der Waals surface area contributed by atoms with Gasteiger partial charge in [0.1, 0.15) is 15.7 Å². The van der Waals surface area contributed by atoms with Crippen LogP contribution in [0.25, 0.3) is 27.1 Å². The molecule has 160 valence electrons. The minimum atomic E-state index is 0.586. The monoisotopic (exact) mass is 459 g/mol. The Morgan fingerprint density at radius 2 is 1.84 bits per heavy atom. The molecule has 4 aromatic heterocycles. The summed E-state index contributed by atoms with van der Waals surface area (Å²) in [7, 11) is 0. The Morgan fingerprint density at radius 3 is 2.69 bits per heavy atom. The van der Waals surface area contributed by atoms with Crippen LogP contribution in [-0.4, -0.2) is 47.5 Å². The number of aromatic nitrogens is 6. The second-order valence-electron chi connectivity index (χ2n) is 7.84. The van der Waals surface area contributed by atoms with Gasteiger partial charge in [0.05, 0.1) is 11.9 Å². The van der Waals surface area contributed by atoms with E-state index in [0.29, 0.717) is 10.9 Å². The van der Waals surface area contributed by atoms with Crippen LogP contribution in [0.15, 0.2) is 64.4 Å². The van der Waals surface area contributed by atoms with E-state index in [1.165, 1.54) is 31.0 Å². The normalized spacial score (nSPS) is 15.0. The predicted molar refractivity (Wildman–Crippen MR) is 127 cm³/mol. The fourth-order valence-corrected chi connectivity index (χ4v) is 6.01. The molecule has 0 radical (unpaired) electrons. The topological polar surface area (TPSA) is 72.1 Å². The molecule has 0 saturated carbocycles. The van der Waals surface area contributed by atoms with Gasteiger partial charge in [-0.1, -0.05) is 36.8 Å². The molecule has 9 heteroatoms. The molecule has 0 N–H and O–H groups in total.